The van der Waals surface area contributed by atoms with Crippen molar-refractivity contribution in [3.05, 3.63) is 69.3 Å². The minimum absolute atomic E-state index is 0.0119. The highest BCUT2D eigenvalue weighted by molar-refractivity contribution is 5.41. The molecule has 39 heavy (non-hydrogen) atoms. The summed E-state index contributed by atoms with van der Waals surface area (Å²) in [4.78, 5) is 0. The van der Waals surface area contributed by atoms with Crippen LogP contribution in [-0.2, 0) is 12.8 Å². The van der Waals surface area contributed by atoms with Crippen molar-refractivity contribution in [1.82, 2.24) is 0 Å². The van der Waals surface area contributed by atoms with E-state index in [1.54, 1.807) is 6.07 Å². The van der Waals surface area contributed by atoms with Crippen molar-refractivity contribution in [2.75, 3.05) is 0 Å². The van der Waals surface area contributed by atoms with Gasteiger partial charge < -0.3 is 0 Å². The van der Waals surface area contributed by atoms with Gasteiger partial charge in [0.25, 0.3) is 0 Å². The highest BCUT2D eigenvalue weighted by atomic mass is 19.2. The average molecular weight is 540 g/mol. The molecule has 0 aromatic heterocycles. The Labute approximate surface area is 231 Å². The molecule has 0 saturated heterocycles. The molecule has 1 unspecified atom stereocenters. The van der Waals surface area contributed by atoms with Crippen molar-refractivity contribution in [3.63, 3.8) is 0 Å². The van der Waals surface area contributed by atoms with E-state index in [2.05, 4.69) is 6.92 Å². The third-order valence-corrected chi connectivity index (χ3v) is 10.2. The lowest BCUT2D eigenvalue weighted by molar-refractivity contribution is 0.235. The number of fused-ring (bicyclic) bond motifs is 1. The highest BCUT2D eigenvalue weighted by Gasteiger charge is 2.35. The Morgan fingerprint density at radius 3 is 2.00 bits per heavy atom. The average Bonchev–Trinajstić information content (AvgIpc) is 2.96. The number of hydrogen-bond acceptors (Lipinski definition) is 1. The Balaban J connectivity index is 1.21. The Hall–Kier alpha value is -2.35. The van der Waals surface area contributed by atoms with Gasteiger partial charge in [0.1, 0.15) is 17.7 Å². The molecule has 0 radical (unpaired) electrons. The molecule has 0 amide bonds. The summed E-state index contributed by atoms with van der Waals surface area (Å²) in [7, 11) is 0. The molecule has 0 bridgehead atoms. The molecule has 3 aliphatic rings. The van der Waals surface area contributed by atoms with Crippen LogP contribution >= 0.6 is 0 Å². The monoisotopic (exact) mass is 539 g/mol. The first-order valence-corrected chi connectivity index (χ1v) is 15.3. The fourth-order valence-electron chi connectivity index (χ4n) is 7.87. The lowest BCUT2D eigenvalue weighted by atomic mass is 9.73. The van der Waals surface area contributed by atoms with Gasteiger partial charge in [-0.05, 0) is 110 Å². The van der Waals surface area contributed by atoms with E-state index in [-0.39, 0.29) is 28.5 Å². The molecule has 2 saturated carbocycles. The van der Waals surface area contributed by atoms with Crippen LogP contribution in [0.5, 0.6) is 0 Å². The quantitative estimate of drug-likeness (QED) is 0.254. The number of hydrogen-bond donors (Lipinski definition) is 0. The largest absolute Gasteiger partial charge is 0.206 e. The minimum Gasteiger partial charge on any atom is -0.206 e. The van der Waals surface area contributed by atoms with E-state index in [0.717, 1.165) is 36.7 Å². The maximum Gasteiger partial charge on any atom is 0.165 e. The molecule has 0 aliphatic heterocycles. The second-order valence-electron chi connectivity index (χ2n) is 12.6. The van der Waals surface area contributed by atoms with Crippen LogP contribution in [0.1, 0.15) is 130 Å². The van der Waals surface area contributed by atoms with Crippen molar-refractivity contribution >= 4 is 0 Å². The van der Waals surface area contributed by atoms with Crippen LogP contribution < -0.4 is 0 Å². The number of benzene rings is 2. The molecule has 2 aromatic rings. The lowest BCUT2D eigenvalue weighted by Crippen LogP contribution is -2.23. The van der Waals surface area contributed by atoms with Crippen LogP contribution in [0.3, 0.4) is 0 Å². The Kier molecular flexibility index (Phi) is 8.99. The van der Waals surface area contributed by atoms with Crippen molar-refractivity contribution < 1.29 is 17.6 Å². The third kappa shape index (κ3) is 6.06. The van der Waals surface area contributed by atoms with Crippen LogP contribution in [0.25, 0.3) is 0 Å². The van der Waals surface area contributed by atoms with Gasteiger partial charge >= 0.3 is 0 Å². The smallest absolute Gasteiger partial charge is 0.165 e. The van der Waals surface area contributed by atoms with Crippen molar-refractivity contribution in [3.8, 4) is 6.07 Å². The summed E-state index contributed by atoms with van der Waals surface area (Å²) in [5.74, 6) is -1.26. The first kappa shape index (κ1) is 28.2. The van der Waals surface area contributed by atoms with Crippen molar-refractivity contribution in [2.24, 2.45) is 17.8 Å². The Bertz CT molecular complexity index is 1200. The fourth-order valence-corrected chi connectivity index (χ4v) is 7.87. The van der Waals surface area contributed by atoms with E-state index in [1.807, 2.05) is 6.07 Å². The van der Waals surface area contributed by atoms with Gasteiger partial charge in [0.2, 0.25) is 0 Å². The van der Waals surface area contributed by atoms with Crippen molar-refractivity contribution in [1.29, 1.82) is 5.26 Å². The molecule has 210 valence electrons. The number of nitriles is 1. The van der Waals surface area contributed by atoms with Crippen LogP contribution in [-0.4, -0.2) is 0 Å². The zero-order valence-electron chi connectivity index (χ0n) is 23.2. The number of nitrogens with zero attached hydrogens (tertiary/aromatic N) is 1. The molecular weight excluding hydrogens is 498 g/mol. The summed E-state index contributed by atoms with van der Waals surface area (Å²) in [6.07, 6.45) is 14.1. The van der Waals surface area contributed by atoms with E-state index >= 15 is 13.2 Å². The highest BCUT2D eigenvalue weighted by Crippen LogP contribution is 2.45. The first-order chi connectivity index (χ1) is 18.9. The normalized spacial score (nSPS) is 27.1. The topological polar surface area (TPSA) is 23.8 Å². The molecule has 0 N–H and O–H groups in total. The van der Waals surface area contributed by atoms with Crippen LogP contribution in [0.2, 0.25) is 0 Å². The second-order valence-corrected chi connectivity index (χ2v) is 12.6. The van der Waals surface area contributed by atoms with Crippen molar-refractivity contribution in [2.45, 2.75) is 115 Å². The van der Waals surface area contributed by atoms with Gasteiger partial charge in [0, 0.05) is 5.56 Å². The molecule has 0 spiro atoms. The molecule has 3 aliphatic carbocycles. The van der Waals surface area contributed by atoms with Gasteiger partial charge in [-0.1, -0.05) is 57.9 Å². The van der Waals surface area contributed by atoms with E-state index in [1.165, 1.54) is 50.7 Å². The minimum atomic E-state index is -0.992. The first-order valence-electron chi connectivity index (χ1n) is 15.3. The fraction of sp³-hybridized carbons (Fsp3) is 0.618. The zero-order valence-corrected chi connectivity index (χ0v) is 23.2. The summed E-state index contributed by atoms with van der Waals surface area (Å²) >= 11 is 0. The van der Waals surface area contributed by atoms with E-state index in [0.29, 0.717) is 50.0 Å². The van der Waals surface area contributed by atoms with E-state index in [9.17, 15) is 4.39 Å². The Morgan fingerprint density at radius 1 is 0.718 bits per heavy atom. The van der Waals surface area contributed by atoms with E-state index < -0.39 is 23.3 Å². The molecular formula is C34H41F4N. The molecule has 1 nitrogen and oxygen atoms in total. The standard InChI is InChI=1S/C34H41F4N/c1-2-3-21-4-6-22(7-5-21)8-9-23-10-17-28-29(18-23)33(37)34(38)31(32(28)36)25-13-11-24(12-14-25)26-15-16-27(20-39)30(35)19-26/h15-16,19,21-25H,2-14,17-18H2,1H3. The zero-order chi connectivity index (χ0) is 27.5. The van der Waals surface area contributed by atoms with Gasteiger partial charge in [-0.3, -0.25) is 0 Å². The lowest BCUT2D eigenvalue weighted by Gasteiger charge is -2.33. The van der Waals surface area contributed by atoms with Crippen LogP contribution in [0.4, 0.5) is 17.6 Å². The van der Waals surface area contributed by atoms with E-state index in [4.69, 9.17) is 5.26 Å². The number of halogens is 4. The Morgan fingerprint density at radius 2 is 1.36 bits per heavy atom. The van der Waals surface area contributed by atoms with Gasteiger partial charge in [0.15, 0.2) is 11.6 Å². The van der Waals surface area contributed by atoms with Gasteiger partial charge in [-0.2, -0.15) is 5.26 Å². The summed E-state index contributed by atoms with van der Waals surface area (Å²) in [5.41, 5.74) is 1.42. The maximum atomic E-state index is 15.8. The number of rotatable bonds is 7. The molecule has 2 aromatic carbocycles. The second kappa shape index (κ2) is 12.4. The predicted molar refractivity (Wildman–Crippen MR) is 146 cm³/mol. The maximum absolute atomic E-state index is 15.8. The summed E-state index contributed by atoms with van der Waals surface area (Å²) in [6, 6.07) is 6.48. The summed E-state index contributed by atoms with van der Waals surface area (Å²) in [5, 5.41) is 8.97. The van der Waals surface area contributed by atoms with Gasteiger partial charge in [-0.15, -0.1) is 0 Å². The van der Waals surface area contributed by atoms with Gasteiger partial charge in [0.05, 0.1) is 5.56 Å². The SMILES string of the molecule is CCCC1CCC(CCC2CCc3c(F)c(C4CCC(c5ccc(C#N)c(F)c5)CC4)c(F)c(F)c3C2)CC1. The van der Waals surface area contributed by atoms with Crippen LogP contribution in [0.15, 0.2) is 18.2 Å². The molecule has 5 heteroatoms. The molecule has 1 atom stereocenters. The van der Waals surface area contributed by atoms with Gasteiger partial charge in [-0.25, -0.2) is 17.6 Å². The molecule has 0 heterocycles. The molecule has 2 fully saturated rings. The molecule has 5 rings (SSSR count). The predicted octanol–water partition coefficient (Wildman–Crippen LogP) is 10.0. The summed E-state index contributed by atoms with van der Waals surface area (Å²) in [6.45, 7) is 2.26. The van der Waals surface area contributed by atoms with Crippen LogP contribution in [0, 0.1) is 52.4 Å². The summed E-state index contributed by atoms with van der Waals surface area (Å²) < 4.78 is 60.7. The third-order valence-electron chi connectivity index (χ3n) is 10.2.